The van der Waals surface area contributed by atoms with Crippen LogP contribution >= 0.6 is 0 Å². The minimum Gasteiger partial charge on any atom is -0.210 e. The first-order valence-corrected chi connectivity index (χ1v) is 9.22. The van der Waals surface area contributed by atoms with Gasteiger partial charge in [0.2, 0.25) is 0 Å². The number of hydrogen-bond acceptors (Lipinski definition) is 0. The van der Waals surface area contributed by atoms with Crippen molar-refractivity contribution in [3.05, 3.63) is 120 Å². The van der Waals surface area contributed by atoms with E-state index in [2.05, 4.69) is 0 Å². The van der Waals surface area contributed by atoms with Gasteiger partial charge in [-0.1, -0.05) is 72.8 Å². The molecule has 0 heterocycles. The van der Waals surface area contributed by atoms with Crippen LogP contribution in [0.5, 0.6) is 0 Å². The van der Waals surface area contributed by atoms with Crippen LogP contribution in [0.2, 0.25) is 0 Å². The van der Waals surface area contributed by atoms with Crippen LogP contribution in [0.25, 0.3) is 0 Å². The molecule has 0 saturated heterocycles. The van der Waals surface area contributed by atoms with Gasteiger partial charge in [-0.25, -0.2) is 17.6 Å². The van der Waals surface area contributed by atoms with E-state index in [-0.39, 0.29) is 49.1 Å². The summed E-state index contributed by atoms with van der Waals surface area (Å²) in [5.41, 5.74) is 0.0844. The molecule has 4 aromatic carbocycles. The van der Waals surface area contributed by atoms with Crippen molar-refractivity contribution in [3.63, 3.8) is 0 Å². The smallest absolute Gasteiger partial charge is 0.210 e. The molecule has 0 unspecified atom stereocenters. The van der Waals surface area contributed by atoms with Crippen LogP contribution in [0.1, 0.15) is 0 Å². The third-order valence-electron chi connectivity index (χ3n) is 5.49. The zero-order valence-electron chi connectivity index (χ0n) is 15.9. The molecule has 0 spiro atoms. The van der Waals surface area contributed by atoms with Gasteiger partial charge in [-0.15, -0.1) is 0 Å². The van der Waals surface area contributed by atoms with Crippen LogP contribution in [0, 0.1) is 23.3 Å². The predicted molar refractivity (Wildman–Crippen MR) is 116 cm³/mol. The molecule has 146 valence electrons. The molecule has 4 rings (SSSR count). The number of benzene rings is 4. The third kappa shape index (κ3) is 3.60. The molecule has 0 aliphatic rings. The average Bonchev–Trinajstić information content (AvgIpc) is 2.73. The summed E-state index contributed by atoms with van der Waals surface area (Å²) in [6, 6.07) is 23.0. The molecule has 0 radical (unpaired) electrons. The summed E-state index contributed by atoms with van der Waals surface area (Å²) in [6.45, 7) is 0. The average molecular weight is 596 g/mol. The zero-order valence-corrected chi connectivity index (χ0v) is 20.4. The second kappa shape index (κ2) is 9.16. The monoisotopic (exact) mass is 596 g/mol. The van der Waals surface area contributed by atoms with Crippen molar-refractivity contribution in [1.29, 1.82) is 0 Å². The minimum atomic E-state index is -2.82. The summed E-state index contributed by atoms with van der Waals surface area (Å²) in [5, 5.41) is 0. The second-order valence-electron chi connectivity index (χ2n) is 6.95. The van der Waals surface area contributed by atoms with Crippen LogP contribution < -0.4 is 21.9 Å². The molecule has 0 fully saturated rings. The van der Waals surface area contributed by atoms with Crippen LogP contribution in [0.4, 0.5) is 17.6 Å². The summed E-state index contributed by atoms with van der Waals surface area (Å²) >= 11 is 0. The van der Waals surface area contributed by atoms with Crippen molar-refractivity contribution >= 4 is 55.3 Å². The van der Waals surface area contributed by atoms with Crippen molar-refractivity contribution < 1.29 is 17.6 Å². The molecule has 0 aliphatic heterocycles. The maximum atomic E-state index is 15.2. The maximum absolute atomic E-state index is 15.2. The van der Waals surface area contributed by atoms with Crippen molar-refractivity contribution in [2.45, 2.75) is 0 Å². The van der Waals surface area contributed by atoms with Gasteiger partial charge in [0.15, 0.2) is 0 Å². The summed E-state index contributed by atoms with van der Waals surface area (Å²) < 4.78 is 60.7. The molecule has 0 bridgehead atoms. The molecule has 0 aromatic heterocycles. The molecule has 0 N–H and O–H groups in total. The normalized spacial score (nSPS) is 11.1. The van der Waals surface area contributed by atoms with E-state index in [0.717, 1.165) is 0 Å². The number of halogens is 4. The Labute approximate surface area is 192 Å². The molecule has 0 aliphatic carbocycles. The minimum absolute atomic E-state index is 0. The van der Waals surface area contributed by atoms with Gasteiger partial charge in [-0.3, -0.25) is 0 Å². The van der Waals surface area contributed by atoms with Crippen LogP contribution in [-0.2, 0) is 0 Å². The van der Waals surface area contributed by atoms with Gasteiger partial charge in [-0.2, -0.15) is 21.9 Å². The van der Waals surface area contributed by atoms with E-state index in [1.54, 1.807) is 24.3 Å². The first-order chi connectivity index (χ1) is 14.1. The van der Waals surface area contributed by atoms with Crippen molar-refractivity contribution in [3.8, 4) is 0 Å². The Bertz CT molecular complexity index is 991. The Morgan fingerprint density at radius 1 is 0.367 bits per heavy atom. The summed E-state index contributed by atoms with van der Waals surface area (Å²) in [4.78, 5) is 0. The largest absolute Gasteiger partial charge is 1.00 e. The van der Waals surface area contributed by atoms with Gasteiger partial charge < -0.3 is 0 Å². The van der Waals surface area contributed by atoms with E-state index in [1.807, 2.05) is 0 Å². The summed E-state index contributed by atoms with van der Waals surface area (Å²) in [5.74, 6) is -2.66. The molecule has 0 saturated carbocycles. The first kappa shape index (κ1) is 22.3. The van der Waals surface area contributed by atoms with Crippen LogP contribution in [0.15, 0.2) is 97.1 Å². The molecule has 6 heteroatoms. The number of hydrogen-bond donors (Lipinski definition) is 0. The van der Waals surface area contributed by atoms with Crippen LogP contribution in [0.3, 0.4) is 0 Å². The van der Waals surface area contributed by atoms with E-state index in [9.17, 15) is 0 Å². The van der Waals surface area contributed by atoms with Crippen molar-refractivity contribution in [2.75, 3.05) is 0 Å². The first-order valence-electron chi connectivity index (χ1n) is 9.22. The second-order valence-corrected chi connectivity index (χ2v) is 6.95. The van der Waals surface area contributed by atoms with E-state index >= 15 is 17.6 Å². The zero-order chi connectivity index (χ0) is 20.4. The van der Waals surface area contributed by atoms with Crippen LogP contribution in [-0.4, -0.2) is 33.4 Å². The predicted octanol–water partition coefficient (Wildman–Crippen LogP) is 3.24. The fourth-order valence-electron chi connectivity index (χ4n) is 4.31. The molecular weight excluding hydrogens is 579 g/mol. The fourth-order valence-corrected chi connectivity index (χ4v) is 4.31. The van der Waals surface area contributed by atoms with Gasteiger partial charge in [0, 0.05) is 0 Å². The maximum Gasteiger partial charge on any atom is 1.00 e. The van der Waals surface area contributed by atoms with Crippen molar-refractivity contribution in [2.24, 2.45) is 0 Å². The topological polar surface area (TPSA) is 0 Å². The Balaban J connectivity index is 0.00000256. The molecule has 0 nitrogen and oxygen atoms in total. The SMILES string of the molecule is Fc1ccccc1[B-](c1ccccc1F)(c1ccccc1F)c1ccccc1F.[Tl+]. The Hall–Kier alpha value is -2.41. The van der Waals surface area contributed by atoms with Gasteiger partial charge in [0.1, 0.15) is 6.15 Å². The molecule has 0 amide bonds. The Morgan fingerprint density at radius 2 is 0.567 bits per heavy atom. The van der Waals surface area contributed by atoms with E-state index < -0.39 is 29.4 Å². The Morgan fingerprint density at radius 3 is 0.767 bits per heavy atom. The summed E-state index contributed by atoms with van der Waals surface area (Å²) in [6.07, 6.45) is -2.82. The molecule has 4 aromatic rings. The number of rotatable bonds is 4. The molecule has 30 heavy (non-hydrogen) atoms. The standard InChI is InChI=1S/C24H16BF4.Tl/c26-21-13-5-1-9-17(21)25(18-10-2-6-14-22(18)27,19-11-3-7-15-23(19)28)20-12-4-8-16-24(20)29;/h1-16H;/q-1;+1. The molecule has 0 atom stereocenters. The van der Waals surface area contributed by atoms with Crippen molar-refractivity contribution in [1.82, 2.24) is 0 Å². The third-order valence-corrected chi connectivity index (χ3v) is 5.49. The van der Waals surface area contributed by atoms with Gasteiger partial charge >= 0.3 is 27.3 Å². The van der Waals surface area contributed by atoms with Gasteiger partial charge in [-0.05, 0) is 24.3 Å². The summed E-state index contributed by atoms with van der Waals surface area (Å²) in [7, 11) is 0. The van der Waals surface area contributed by atoms with E-state index in [0.29, 0.717) is 0 Å². The fraction of sp³-hybridized carbons (Fsp3) is 0. The van der Waals surface area contributed by atoms with Gasteiger partial charge in [0.05, 0.1) is 23.3 Å². The molecular formula is C24H16BF4Tl. The Kier molecular flexibility index (Phi) is 6.80. The quantitative estimate of drug-likeness (QED) is 0.251. The van der Waals surface area contributed by atoms with E-state index in [4.69, 9.17) is 0 Å². The van der Waals surface area contributed by atoms with Gasteiger partial charge in [0.25, 0.3) is 0 Å². The van der Waals surface area contributed by atoms with E-state index in [1.165, 1.54) is 72.8 Å².